The number of nitrogens with zero attached hydrogens (tertiary/aromatic N) is 3. The molecule has 1 aromatic heterocycles. The van der Waals surface area contributed by atoms with Gasteiger partial charge in [-0.25, -0.2) is 9.97 Å². The molecule has 26 heavy (non-hydrogen) atoms. The van der Waals surface area contributed by atoms with Crippen LogP contribution in [0.25, 0.3) is 10.9 Å². The van der Waals surface area contributed by atoms with Gasteiger partial charge in [-0.1, -0.05) is 0 Å². The van der Waals surface area contributed by atoms with E-state index in [-0.39, 0.29) is 25.0 Å². The number of benzene rings is 1. The van der Waals surface area contributed by atoms with Crippen LogP contribution < -0.4 is 4.90 Å². The highest BCUT2D eigenvalue weighted by Crippen LogP contribution is 2.60. The molecule has 6 nitrogen and oxygen atoms in total. The number of rotatable bonds is 4. The van der Waals surface area contributed by atoms with E-state index in [9.17, 15) is 10.2 Å². The van der Waals surface area contributed by atoms with Crippen LogP contribution in [-0.2, 0) is 4.74 Å². The van der Waals surface area contributed by atoms with Gasteiger partial charge in [0.1, 0.15) is 12.1 Å². The van der Waals surface area contributed by atoms with Crippen LogP contribution in [0.2, 0.25) is 0 Å². The molecule has 0 radical (unpaired) electrons. The summed E-state index contributed by atoms with van der Waals surface area (Å²) < 4.78 is 6.26. The van der Waals surface area contributed by atoms with Crippen LogP contribution in [0.15, 0.2) is 29.4 Å². The lowest BCUT2D eigenvalue weighted by Gasteiger charge is -2.31. The third-order valence-corrected chi connectivity index (χ3v) is 7.43. The number of aliphatic hydroxyl groups excluding tert-OH is 2. The Hall–Kier alpha value is -1.41. The predicted octanol–water partition coefficient (Wildman–Crippen LogP) is 1.69. The minimum Gasteiger partial charge on any atom is -0.393 e. The molecule has 3 aliphatic heterocycles. The van der Waals surface area contributed by atoms with Crippen LogP contribution in [0.5, 0.6) is 0 Å². The molecule has 0 saturated carbocycles. The largest absolute Gasteiger partial charge is 0.393 e. The second-order valence-electron chi connectivity index (χ2n) is 7.75. The van der Waals surface area contributed by atoms with E-state index in [1.54, 1.807) is 18.1 Å². The monoisotopic (exact) mass is 373 g/mol. The van der Waals surface area contributed by atoms with Crippen molar-refractivity contribution in [2.45, 2.75) is 28.9 Å². The van der Waals surface area contributed by atoms with Gasteiger partial charge < -0.3 is 19.8 Å². The van der Waals surface area contributed by atoms with Crippen LogP contribution in [0, 0.1) is 11.8 Å². The summed E-state index contributed by atoms with van der Waals surface area (Å²) in [4.78, 5) is 12.5. The van der Waals surface area contributed by atoms with Crippen LogP contribution in [0.3, 0.4) is 0 Å². The molecule has 5 rings (SSSR count). The van der Waals surface area contributed by atoms with E-state index >= 15 is 0 Å². The fourth-order valence-electron chi connectivity index (χ4n) is 5.35. The summed E-state index contributed by atoms with van der Waals surface area (Å²) in [7, 11) is 0. The van der Waals surface area contributed by atoms with Crippen LogP contribution in [0.4, 0.5) is 5.82 Å². The summed E-state index contributed by atoms with van der Waals surface area (Å²) >= 11 is 1.71. The van der Waals surface area contributed by atoms with Crippen molar-refractivity contribution in [2.75, 3.05) is 37.5 Å². The van der Waals surface area contributed by atoms with E-state index in [0.29, 0.717) is 0 Å². The van der Waals surface area contributed by atoms with E-state index in [1.807, 2.05) is 6.07 Å². The average Bonchev–Trinajstić information content (AvgIpc) is 3.36. The molecule has 7 heteroatoms. The smallest absolute Gasteiger partial charge is 0.139 e. The first-order valence-corrected chi connectivity index (χ1v) is 10.3. The number of hydrogen-bond acceptors (Lipinski definition) is 7. The molecule has 2 N–H and O–H groups in total. The van der Waals surface area contributed by atoms with Crippen molar-refractivity contribution < 1.29 is 14.9 Å². The molecule has 138 valence electrons. The summed E-state index contributed by atoms with van der Waals surface area (Å²) in [5.74, 6) is 1.39. The number of anilines is 1. The van der Waals surface area contributed by atoms with E-state index in [2.05, 4.69) is 33.3 Å². The highest BCUT2D eigenvalue weighted by atomic mass is 32.2. The van der Waals surface area contributed by atoms with Crippen molar-refractivity contribution in [3.8, 4) is 0 Å². The highest BCUT2D eigenvalue weighted by Gasteiger charge is 2.69. The Morgan fingerprint density at radius 1 is 1.15 bits per heavy atom. The van der Waals surface area contributed by atoms with Crippen molar-refractivity contribution in [2.24, 2.45) is 11.8 Å². The Morgan fingerprint density at radius 3 is 2.46 bits per heavy atom. The molecule has 2 aromatic rings. The van der Waals surface area contributed by atoms with Gasteiger partial charge in [0.15, 0.2) is 0 Å². The zero-order valence-electron chi connectivity index (χ0n) is 14.8. The maximum absolute atomic E-state index is 10.0. The van der Waals surface area contributed by atoms with Gasteiger partial charge in [-0.05, 0) is 37.3 Å². The SMILES string of the molecule is CSc1ccc2ncnc(N3CC4C(C3)C3(CO)CCC4(CO)O3)c2c1. The molecule has 0 aliphatic carbocycles. The lowest BCUT2D eigenvalue weighted by Crippen LogP contribution is -2.43. The molecule has 3 fully saturated rings. The van der Waals surface area contributed by atoms with Crippen molar-refractivity contribution in [3.05, 3.63) is 24.5 Å². The molecular weight excluding hydrogens is 350 g/mol. The Labute approximate surface area is 156 Å². The number of aromatic nitrogens is 2. The standard InChI is InChI=1S/C19H23N3O3S/c1-26-12-2-3-16-13(6-12)17(21-11-20-16)22-7-14-15(8-22)19(10-24)5-4-18(14,9-23)25-19/h2-3,6,11,14-15,23-24H,4-5,7-10H2,1H3. The fraction of sp³-hybridized carbons (Fsp3) is 0.579. The van der Waals surface area contributed by atoms with Gasteiger partial charge in [0.25, 0.3) is 0 Å². The molecule has 4 unspecified atom stereocenters. The van der Waals surface area contributed by atoms with E-state index in [1.165, 1.54) is 4.90 Å². The third kappa shape index (κ3) is 2.11. The number of hydrogen-bond donors (Lipinski definition) is 2. The Morgan fingerprint density at radius 2 is 1.85 bits per heavy atom. The van der Waals surface area contributed by atoms with Gasteiger partial charge >= 0.3 is 0 Å². The lowest BCUT2D eigenvalue weighted by molar-refractivity contribution is -0.107. The first-order valence-electron chi connectivity index (χ1n) is 9.10. The molecule has 2 bridgehead atoms. The first-order chi connectivity index (χ1) is 12.6. The van der Waals surface area contributed by atoms with Gasteiger partial charge in [-0.15, -0.1) is 11.8 Å². The maximum atomic E-state index is 10.0. The van der Waals surface area contributed by atoms with Gasteiger partial charge in [0.05, 0.1) is 29.9 Å². The maximum Gasteiger partial charge on any atom is 0.139 e. The minimum absolute atomic E-state index is 0.0188. The highest BCUT2D eigenvalue weighted by molar-refractivity contribution is 7.98. The van der Waals surface area contributed by atoms with Crippen LogP contribution in [-0.4, -0.2) is 63.9 Å². The Bertz CT molecular complexity index is 839. The summed E-state index contributed by atoms with van der Waals surface area (Å²) in [6, 6.07) is 6.27. The molecule has 3 aliphatic rings. The number of thioether (sulfide) groups is 1. The van der Waals surface area contributed by atoms with Crippen LogP contribution >= 0.6 is 11.8 Å². The van der Waals surface area contributed by atoms with Gasteiger partial charge in [-0.3, -0.25) is 0 Å². The average molecular weight is 373 g/mol. The normalized spacial score (nSPS) is 35.4. The fourth-order valence-corrected chi connectivity index (χ4v) is 5.79. The molecule has 1 aromatic carbocycles. The molecule has 3 saturated heterocycles. The van der Waals surface area contributed by atoms with Gasteiger partial charge in [0.2, 0.25) is 0 Å². The summed E-state index contributed by atoms with van der Waals surface area (Å²) in [5, 5.41) is 21.1. The predicted molar refractivity (Wildman–Crippen MR) is 100 cm³/mol. The zero-order chi connectivity index (χ0) is 17.9. The van der Waals surface area contributed by atoms with Crippen molar-refractivity contribution in [1.82, 2.24) is 9.97 Å². The molecule has 0 amide bonds. The van der Waals surface area contributed by atoms with Gasteiger partial charge in [0, 0.05) is 35.2 Å². The van der Waals surface area contributed by atoms with Crippen molar-refractivity contribution in [1.29, 1.82) is 0 Å². The molecule has 0 spiro atoms. The number of fused-ring (bicyclic) bond motifs is 6. The van der Waals surface area contributed by atoms with Gasteiger partial charge in [-0.2, -0.15) is 0 Å². The molecule has 4 heterocycles. The van der Waals surface area contributed by atoms with Crippen molar-refractivity contribution in [3.63, 3.8) is 0 Å². The Kier molecular flexibility index (Phi) is 3.73. The third-order valence-electron chi connectivity index (χ3n) is 6.71. The van der Waals surface area contributed by atoms with Crippen LogP contribution in [0.1, 0.15) is 12.8 Å². The first kappa shape index (κ1) is 16.7. The summed E-state index contributed by atoms with van der Waals surface area (Å²) in [6.07, 6.45) is 5.33. The summed E-state index contributed by atoms with van der Waals surface area (Å²) in [5.41, 5.74) is -0.0667. The summed E-state index contributed by atoms with van der Waals surface area (Å²) in [6.45, 7) is 1.63. The minimum atomic E-state index is -0.505. The second kappa shape index (κ2) is 5.79. The van der Waals surface area contributed by atoms with E-state index < -0.39 is 11.2 Å². The molecular formula is C19H23N3O3S. The quantitative estimate of drug-likeness (QED) is 0.790. The van der Waals surface area contributed by atoms with Crippen molar-refractivity contribution >= 4 is 28.5 Å². The molecule has 4 atom stereocenters. The Balaban J connectivity index is 1.55. The second-order valence-corrected chi connectivity index (χ2v) is 8.63. The number of ether oxygens (including phenoxy) is 1. The lowest BCUT2D eigenvalue weighted by atomic mass is 9.68. The zero-order valence-corrected chi connectivity index (χ0v) is 15.6. The van der Waals surface area contributed by atoms with E-state index in [4.69, 9.17) is 4.74 Å². The van der Waals surface area contributed by atoms with E-state index in [0.717, 1.165) is 42.7 Å². The topological polar surface area (TPSA) is 78.7 Å². The number of aliphatic hydroxyl groups is 2.